The first kappa shape index (κ1) is 15.8. The third-order valence-corrected chi connectivity index (χ3v) is 5.06. The Morgan fingerprint density at radius 1 is 1.26 bits per heavy atom. The lowest BCUT2D eigenvalue weighted by Crippen LogP contribution is -2.46. The average molecular weight is 317 g/mol. The Labute approximate surface area is 136 Å². The normalized spacial score (nSPS) is 26.7. The number of pyridine rings is 1. The van der Waals surface area contributed by atoms with Crippen LogP contribution < -0.4 is 4.90 Å². The molecule has 6 nitrogen and oxygen atoms in total. The molecular weight excluding hydrogens is 294 g/mol. The van der Waals surface area contributed by atoms with Crippen LogP contribution in [0, 0.1) is 5.92 Å². The highest BCUT2D eigenvalue weighted by molar-refractivity contribution is 5.97. The number of aliphatic carboxylic acids is 1. The van der Waals surface area contributed by atoms with E-state index in [1.807, 2.05) is 19.0 Å². The Morgan fingerprint density at radius 2 is 2.00 bits per heavy atom. The smallest absolute Gasteiger partial charge is 0.326 e. The lowest BCUT2D eigenvalue weighted by Gasteiger charge is -2.33. The van der Waals surface area contributed by atoms with Crippen LogP contribution in [0.1, 0.15) is 42.5 Å². The molecule has 2 heterocycles. The third-order valence-electron chi connectivity index (χ3n) is 5.06. The molecule has 0 aromatic carbocycles. The fourth-order valence-corrected chi connectivity index (χ4v) is 3.90. The van der Waals surface area contributed by atoms with E-state index in [1.54, 1.807) is 23.2 Å². The molecule has 1 amide bonds. The van der Waals surface area contributed by atoms with Crippen molar-refractivity contribution in [3.63, 3.8) is 0 Å². The molecule has 3 unspecified atom stereocenters. The number of carboxylic acid groups (broad SMARTS) is 1. The number of carbonyl (C=O) groups excluding carboxylic acids is 1. The van der Waals surface area contributed by atoms with Crippen LogP contribution in [0.15, 0.2) is 18.3 Å². The van der Waals surface area contributed by atoms with E-state index in [0.717, 1.165) is 31.5 Å². The van der Waals surface area contributed by atoms with Gasteiger partial charge in [0.15, 0.2) is 0 Å². The van der Waals surface area contributed by atoms with Crippen molar-refractivity contribution < 1.29 is 14.7 Å². The topological polar surface area (TPSA) is 73.7 Å². The Balaban J connectivity index is 1.87. The summed E-state index contributed by atoms with van der Waals surface area (Å²) in [5, 5.41) is 9.53. The summed E-state index contributed by atoms with van der Waals surface area (Å²) in [6, 6.07) is 2.88. The molecule has 23 heavy (non-hydrogen) atoms. The molecule has 6 heteroatoms. The zero-order valence-electron chi connectivity index (χ0n) is 13.6. The van der Waals surface area contributed by atoms with Crippen LogP contribution in [-0.4, -0.2) is 53.0 Å². The molecular formula is C17H23N3O3. The fourth-order valence-electron chi connectivity index (χ4n) is 3.90. The predicted octanol–water partition coefficient (Wildman–Crippen LogP) is 2.01. The molecule has 3 rings (SSSR count). The SMILES string of the molecule is CN(C)c1ccc(C(=O)N2C(C(=O)O)CC3CCCCC32)cn1. The molecule has 2 fully saturated rings. The maximum absolute atomic E-state index is 12.9. The van der Waals surface area contributed by atoms with E-state index in [1.165, 1.54) is 0 Å². The molecule has 3 atom stereocenters. The van der Waals surface area contributed by atoms with Crippen LogP contribution in [-0.2, 0) is 4.79 Å². The number of hydrogen-bond donors (Lipinski definition) is 1. The molecule has 0 radical (unpaired) electrons. The molecule has 1 saturated carbocycles. The molecule has 124 valence electrons. The van der Waals surface area contributed by atoms with Crippen molar-refractivity contribution in [2.75, 3.05) is 19.0 Å². The second-order valence-electron chi connectivity index (χ2n) is 6.71. The number of amides is 1. The highest BCUT2D eigenvalue weighted by atomic mass is 16.4. The van der Waals surface area contributed by atoms with Gasteiger partial charge >= 0.3 is 5.97 Å². The van der Waals surface area contributed by atoms with Gasteiger partial charge in [-0.05, 0) is 37.3 Å². The maximum atomic E-state index is 12.9. The summed E-state index contributed by atoms with van der Waals surface area (Å²) >= 11 is 0. The quantitative estimate of drug-likeness (QED) is 0.923. The number of likely N-dealkylation sites (tertiary alicyclic amines) is 1. The molecule has 0 spiro atoms. The van der Waals surface area contributed by atoms with E-state index in [4.69, 9.17) is 0 Å². The first-order chi connectivity index (χ1) is 11.0. The van der Waals surface area contributed by atoms with Crippen molar-refractivity contribution in [3.8, 4) is 0 Å². The zero-order valence-corrected chi connectivity index (χ0v) is 13.6. The molecule has 1 N–H and O–H groups in total. The highest BCUT2D eigenvalue weighted by Gasteiger charge is 2.47. The minimum atomic E-state index is -0.898. The zero-order chi connectivity index (χ0) is 16.6. The standard InChI is InChI=1S/C17H23N3O3/c1-19(2)15-8-7-12(10-18-15)16(21)20-13-6-4-3-5-11(13)9-14(20)17(22)23/h7-8,10-11,13-14H,3-6,9H2,1-2H3,(H,22,23). The number of fused-ring (bicyclic) bond motifs is 1. The van der Waals surface area contributed by atoms with Gasteiger partial charge in [-0.25, -0.2) is 9.78 Å². The van der Waals surface area contributed by atoms with Crippen molar-refractivity contribution in [1.29, 1.82) is 0 Å². The van der Waals surface area contributed by atoms with Gasteiger partial charge in [0.25, 0.3) is 5.91 Å². The Hall–Kier alpha value is -2.11. The van der Waals surface area contributed by atoms with Gasteiger partial charge in [0.05, 0.1) is 5.56 Å². The first-order valence-electron chi connectivity index (χ1n) is 8.18. The molecule has 2 aliphatic rings. The number of aromatic nitrogens is 1. The second kappa shape index (κ2) is 6.18. The van der Waals surface area contributed by atoms with E-state index in [9.17, 15) is 14.7 Å². The third kappa shape index (κ3) is 2.90. The molecule has 1 aromatic heterocycles. The molecule has 1 aliphatic heterocycles. The summed E-state index contributed by atoms with van der Waals surface area (Å²) in [6.07, 6.45) is 6.25. The van der Waals surface area contributed by atoms with Gasteiger partial charge in [-0.2, -0.15) is 0 Å². The van der Waals surface area contributed by atoms with Gasteiger partial charge in [-0.3, -0.25) is 4.79 Å². The van der Waals surface area contributed by atoms with E-state index < -0.39 is 12.0 Å². The minimum absolute atomic E-state index is 0.0610. The molecule has 1 saturated heterocycles. The summed E-state index contributed by atoms with van der Waals surface area (Å²) < 4.78 is 0. The van der Waals surface area contributed by atoms with Crippen molar-refractivity contribution >= 4 is 17.7 Å². The van der Waals surface area contributed by atoms with Crippen LogP contribution in [0.4, 0.5) is 5.82 Å². The Morgan fingerprint density at radius 3 is 2.61 bits per heavy atom. The van der Waals surface area contributed by atoms with E-state index in [0.29, 0.717) is 17.9 Å². The van der Waals surface area contributed by atoms with Gasteiger partial charge in [-0.15, -0.1) is 0 Å². The summed E-state index contributed by atoms with van der Waals surface area (Å²) in [5.41, 5.74) is 0.466. The fraction of sp³-hybridized carbons (Fsp3) is 0.588. The lowest BCUT2D eigenvalue weighted by atomic mass is 9.84. The Kier molecular flexibility index (Phi) is 4.24. The van der Waals surface area contributed by atoms with Crippen molar-refractivity contribution in [3.05, 3.63) is 23.9 Å². The largest absolute Gasteiger partial charge is 0.480 e. The minimum Gasteiger partial charge on any atom is -0.480 e. The van der Waals surface area contributed by atoms with Crippen molar-refractivity contribution in [1.82, 2.24) is 9.88 Å². The average Bonchev–Trinajstić information content (AvgIpc) is 2.94. The summed E-state index contributed by atoms with van der Waals surface area (Å²) in [6.45, 7) is 0. The van der Waals surface area contributed by atoms with Gasteiger partial charge in [0, 0.05) is 26.3 Å². The van der Waals surface area contributed by atoms with E-state index in [-0.39, 0.29) is 11.9 Å². The first-order valence-corrected chi connectivity index (χ1v) is 8.18. The van der Waals surface area contributed by atoms with Crippen LogP contribution in [0.5, 0.6) is 0 Å². The molecule has 1 aromatic rings. The number of rotatable bonds is 3. The van der Waals surface area contributed by atoms with Crippen LogP contribution in [0.2, 0.25) is 0 Å². The van der Waals surface area contributed by atoms with Crippen molar-refractivity contribution in [2.24, 2.45) is 5.92 Å². The summed E-state index contributed by atoms with van der Waals surface area (Å²) in [5.74, 6) is -0.00802. The number of anilines is 1. The number of hydrogen-bond acceptors (Lipinski definition) is 4. The molecule has 0 bridgehead atoms. The summed E-state index contributed by atoms with van der Waals surface area (Å²) in [7, 11) is 3.77. The number of carboxylic acids is 1. The van der Waals surface area contributed by atoms with Crippen LogP contribution in [0.25, 0.3) is 0 Å². The van der Waals surface area contributed by atoms with Gasteiger partial charge in [0.1, 0.15) is 11.9 Å². The molecule has 1 aliphatic carbocycles. The lowest BCUT2D eigenvalue weighted by molar-refractivity contribution is -0.141. The van der Waals surface area contributed by atoms with Gasteiger partial charge in [0.2, 0.25) is 0 Å². The highest BCUT2D eigenvalue weighted by Crippen LogP contribution is 2.40. The summed E-state index contributed by atoms with van der Waals surface area (Å²) in [4.78, 5) is 32.3. The van der Waals surface area contributed by atoms with Crippen LogP contribution in [0.3, 0.4) is 0 Å². The number of carbonyl (C=O) groups is 2. The number of nitrogens with zero attached hydrogens (tertiary/aromatic N) is 3. The van der Waals surface area contributed by atoms with Crippen molar-refractivity contribution in [2.45, 2.75) is 44.2 Å². The van der Waals surface area contributed by atoms with E-state index in [2.05, 4.69) is 4.98 Å². The maximum Gasteiger partial charge on any atom is 0.326 e. The monoisotopic (exact) mass is 317 g/mol. The predicted molar refractivity (Wildman–Crippen MR) is 86.5 cm³/mol. The van der Waals surface area contributed by atoms with Gasteiger partial charge in [-0.1, -0.05) is 12.8 Å². The second-order valence-corrected chi connectivity index (χ2v) is 6.71. The Bertz CT molecular complexity index is 600. The van der Waals surface area contributed by atoms with Gasteiger partial charge < -0.3 is 14.9 Å². The van der Waals surface area contributed by atoms with Crippen LogP contribution >= 0.6 is 0 Å². The van der Waals surface area contributed by atoms with E-state index >= 15 is 0 Å².